The molecule has 1 nitrogen and oxygen atoms in total. The third-order valence-corrected chi connectivity index (χ3v) is 0.869. The zero-order valence-corrected chi connectivity index (χ0v) is 5.82. The zero-order chi connectivity index (χ0) is 3.54. The standard InChI is InChI=1S/C3H3NS.Mo/c1-2-5-3-4-1;/h1-3H;. The Kier molecular flexibility index (Phi) is 3.69. The molecule has 0 aliphatic carbocycles. The van der Waals surface area contributed by atoms with Gasteiger partial charge in [0, 0.05) is 32.6 Å². The maximum Gasteiger partial charge on any atom is 0.0791 e. The Balaban J connectivity index is 0.000000250. The Morgan fingerprint density at radius 1 is 1.50 bits per heavy atom. The van der Waals surface area contributed by atoms with Crippen LogP contribution in [0.1, 0.15) is 0 Å². The number of hydrogen-bond donors (Lipinski definition) is 0. The second kappa shape index (κ2) is 3.51. The molecule has 3 heteroatoms. The van der Waals surface area contributed by atoms with E-state index in [1.54, 1.807) is 23.0 Å². The van der Waals surface area contributed by atoms with E-state index in [0.717, 1.165) is 0 Å². The molecule has 6 heavy (non-hydrogen) atoms. The number of thiazole rings is 1. The summed E-state index contributed by atoms with van der Waals surface area (Å²) in [5.41, 5.74) is 1.79. The predicted molar refractivity (Wildman–Crippen MR) is 22.1 cm³/mol. The Morgan fingerprint density at radius 2 is 2.33 bits per heavy atom. The van der Waals surface area contributed by atoms with E-state index in [1.165, 1.54) is 0 Å². The van der Waals surface area contributed by atoms with Crippen molar-refractivity contribution in [3.63, 3.8) is 0 Å². The van der Waals surface area contributed by atoms with Crippen LogP contribution in [0.2, 0.25) is 0 Å². The Bertz CT molecular complexity index is 67.3. The normalized spacial score (nSPS) is 6.67. The first-order chi connectivity index (χ1) is 2.50. The van der Waals surface area contributed by atoms with E-state index in [-0.39, 0.29) is 21.1 Å². The van der Waals surface area contributed by atoms with E-state index >= 15 is 0 Å². The van der Waals surface area contributed by atoms with Gasteiger partial charge in [0.15, 0.2) is 0 Å². The van der Waals surface area contributed by atoms with Gasteiger partial charge in [0.1, 0.15) is 0 Å². The number of aromatic nitrogens is 1. The van der Waals surface area contributed by atoms with Crippen molar-refractivity contribution in [1.29, 1.82) is 0 Å². The van der Waals surface area contributed by atoms with Gasteiger partial charge in [0.05, 0.1) is 5.51 Å². The molecule has 0 radical (unpaired) electrons. The smallest absolute Gasteiger partial charge is 0.0791 e. The Labute approximate surface area is 54.7 Å². The van der Waals surface area contributed by atoms with Crippen molar-refractivity contribution in [2.24, 2.45) is 0 Å². The van der Waals surface area contributed by atoms with Gasteiger partial charge >= 0.3 is 0 Å². The van der Waals surface area contributed by atoms with E-state index in [0.29, 0.717) is 0 Å². The van der Waals surface area contributed by atoms with Gasteiger partial charge in [-0.1, -0.05) is 0 Å². The van der Waals surface area contributed by atoms with Crippen molar-refractivity contribution in [3.8, 4) is 0 Å². The summed E-state index contributed by atoms with van der Waals surface area (Å²) < 4.78 is 0. The molecule has 0 aliphatic heterocycles. The monoisotopic (exact) mass is 183 g/mol. The first-order valence-electron chi connectivity index (χ1n) is 1.32. The van der Waals surface area contributed by atoms with Crippen LogP contribution in [0.15, 0.2) is 17.1 Å². The van der Waals surface area contributed by atoms with Gasteiger partial charge in [0.25, 0.3) is 0 Å². The summed E-state index contributed by atoms with van der Waals surface area (Å²) in [5, 5.41) is 1.93. The summed E-state index contributed by atoms with van der Waals surface area (Å²) in [6.07, 6.45) is 1.77. The topological polar surface area (TPSA) is 12.9 Å². The van der Waals surface area contributed by atoms with Gasteiger partial charge in [0.2, 0.25) is 0 Å². The number of rotatable bonds is 0. The molecule has 0 bridgehead atoms. The average molecular weight is 181 g/mol. The van der Waals surface area contributed by atoms with Gasteiger partial charge in [-0.15, -0.1) is 11.3 Å². The van der Waals surface area contributed by atoms with Crippen molar-refractivity contribution >= 4 is 11.3 Å². The van der Waals surface area contributed by atoms with Crippen LogP contribution in [-0.4, -0.2) is 4.98 Å². The van der Waals surface area contributed by atoms with Crippen LogP contribution in [-0.2, 0) is 21.1 Å². The molecule has 0 fully saturated rings. The summed E-state index contributed by atoms with van der Waals surface area (Å²) in [6, 6.07) is 0. The second-order valence-corrected chi connectivity index (χ2v) is 1.43. The second-order valence-electron chi connectivity index (χ2n) is 0.676. The fourth-order valence-electron chi connectivity index (χ4n) is 0.176. The van der Waals surface area contributed by atoms with Gasteiger partial charge in [-0.3, -0.25) is 4.98 Å². The molecule has 0 spiro atoms. The molecule has 1 rings (SSSR count). The molecule has 32 valence electrons. The Morgan fingerprint density at radius 3 is 2.50 bits per heavy atom. The quantitative estimate of drug-likeness (QED) is 0.547. The van der Waals surface area contributed by atoms with Crippen LogP contribution >= 0.6 is 11.3 Å². The molecule has 0 aliphatic rings. The van der Waals surface area contributed by atoms with Crippen molar-refractivity contribution in [1.82, 2.24) is 4.98 Å². The molecule has 1 aromatic heterocycles. The van der Waals surface area contributed by atoms with E-state index in [2.05, 4.69) is 4.98 Å². The van der Waals surface area contributed by atoms with Crippen molar-refractivity contribution in [3.05, 3.63) is 17.1 Å². The molecule has 1 aromatic rings. The summed E-state index contributed by atoms with van der Waals surface area (Å²) in [5.74, 6) is 0. The molecule has 0 amide bonds. The molecule has 0 saturated carbocycles. The minimum atomic E-state index is 0. The third kappa shape index (κ3) is 1.68. The van der Waals surface area contributed by atoms with Crippen LogP contribution in [0.4, 0.5) is 0 Å². The van der Waals surface area contributed by atoms with Crippen LogP contribution in [0.25, 0.3) is 0 Å². The Hall–Kier alpha value is 0.318. The molecule has 0 unspecified atom stereocenters. The van der Waals surface area contributed by atoms with Crippen molar-refractivity contribution in [2.75, 3.05) is 0 Å². The van der Waals surface area contributed by atoms with Crippen molar-refractivity contribution < 1.29 is 21.1 Å². The minimum Gasteiger partial charge on any atom is -0.253 e. The van der Waals surface area contributed by atoms with Gasteiger partial charge in [-0.25, -0.2) is 0 Å². The maximum atomic E-state index is 3.74. The largest absolute Gasteiger partial charge is 0.253 e. The zero-order valence-electron chi connectivity index (χ0n) is 3.00. The third-order valence-electron chi connectivity index (χ3n) is 0.347. The summed E-state index contributed by atoms with van der Waals surface area (Å²) in [6.45, 7) is 0. The fourth-order valence-corrected chi connectivity index (χ4v) is 0.527. The summed E-state index contributed by atoms with van der Waals surface area (Å²) in [4.78, 5) is 3.74. The van der Waals surface area contributed by atoms with Crippen LogP contribution in [0.3, 0.4) is 0 Å². The molecule has 1 heterocycles. The fraction of sp³-hybridized carbons (Fsp3) is 0. The summed E-state index contributed by atoms with van der Waals surface area (Å²) in [7, 11) is 0. The van der Waals surface area contributed by atoms with E-state index in [1.807, 2.05) is 5.38 Å². The molecule has 0 N–H and O–H groups in total. The molecule has 0 saturated heterocycles. The summed E-state index contributed by atoms with van der Waals surface area (Å²) >= 11 is 1.60. The predicted octanol–water partition coefficient (Wildman–Crippen LogP) is 1.14. The van der Waals surface area contributed by atoms with E-state index < -0.39 is 0 Å². The molecule has 0 atom stereocenters. The molecule has 0 aromatic carbocycles. The first-order valence-corrected chi connectivity index (χ1v) is 2.26. The number of hydrogen-bond acceptors (Lipinski definition) is 2. The van der Waals surface area contributed by atoms with Crippen LogP contribution < -0.4 is 0 Å². The van der Waals surface area contributed by atoms with Crippen molar-refractivity contribution in [2.45, 2.75) is 0 Å². The maximum absolute atomic E-state index is 3.74. The first kappa shape index (κ1) is 6.32. The van der Waals surface area contributed by atoms with Gasteiger partial charge < -0.3 is 0 Å². The van der Waals surface area contributed by atoms with Gasteiger partial charge in [-0.05, 0) is 0 Å². The van der Waals surface area contributed by atoms with E-state index in [4.69, 9.17) is 0 Å². The minimum absolute atomic E-state index is 0. The van der Waals surface area contributed by atoms with Gasteiger partial charge in [-0.2, -0.15) is 0 Å². The molecular formula is C3H3MoNS. The molecular weight excluding hydrogens is 178 g/mol. The van der Waals surface area contributed by atoms with E-state index in [9.17, 15) is 0 Å². The van der Waals surface area contributed by atoms with Crippen LogP contribution in [0.5, 0.6) is 0 Å². The van der Waals surface area contributed by atoms with Crippen LogP contribution in [0, 0.1) is 0 Å². The SMILES string of the molecule is [Mo].c1cscn1. The average Bonchev–Trinajstić information content (AvgIpc) is 1.76. The number of nitrogens with zero attached hydrogens (tertiary/aromatic N) is 1.